The first-order chi connectivity index (χ1) is 15.7. The van der Waals surface area contributed by atoms with Crippen LogP contribution in [0.5, 0.6) is 5.75 Å². The van der Waals surface area contributed by atoms with Gasteiger partial charge in [-0.15, -0.1) is 0 Å². The highest BCUT2D eigenvalue weighted by atomic mass is 16.5. The highest BCUT2D eigenvalue weighted by Gasteiger charge is 2.28. The molecular weight excluding hydrogens is 396 g/mol. The summed E-state index contributed by atoms with van der Waals surface area (Å²) in [6, 6.07) is 25.5. The number of hydrogen-bond acceptors (Lipinski definition) is 2. The van der Waals surface area contributed by atoms with Gasteiger partial charge in [0.2, 0.25) is 0 Å². The van der Waals surface area contributed by atoms with Crippen LogP contribution in [0.15, 0.2) is 77.2 Å². The molecule has 0 aliphatic carbocycles. The third kappa shape index (κ3) is 2.00. The van der Waals surface area contributed by atoms with Crippen LogP contribution in [0.2, 0.25) is 0 Å². The summed E-state index contributed by atoms with van der Waals surface area (Å²) in [5.41, 5.74) is 7.64. The molecule has 4 heteroatoms. The Bertz CT molecular complexity index is 1890. The van der Waals surface area contributed by atoms with Crippen molar-refractivity contribution in [3.8, 4) is 5.75 Å². The summed E-state index contributed by atoms with van der Waals surface area (Å²) in [4.78, 5) is 0. The number of methoxy groups -OCH3 is 1. The molecule has 0 radical (unpaired) electrons. The maximum atomic E-state index is 6.28. The molecule has 0 saturated carbocycles. The molecule has 0 amide bonds. The SMILES string of the molecule is COc1cccc2oc3ccc4c(c3c12)n1c2ccccc2c2cccc(C)c2c1[n+]4C. The molecule has 0 aliphatic rings. The number of hydrogen-bond donors (Lipinski definition) is 0. The highest BCUT2D eigenvalue weighted by molar-refractivity contribution is 6.21. The lowest BCUT2D eigenvalue weighted by Crippen LogP contribution is -2.27. The van der Waals surface area contributed by atoms with E-state index in [1.54, 1.807) is 7.11 Å². The quantitative estimate of drug-likeness (QED) is 0.227. The van der Waals surface area contributed by atoms with Gasteiger partial charge in [-0.1, -0.05) is 42.5 Å². The molecule has 0 saturated heterocycles. The second-order valence-electron chi connectivity index (χ2n) is 8.47. The summed E-state index contributed by atoms with van der Waals surface area (Å²) in [7, 11) is 3.87. The molecule has 0 bridgehead atoms. The molecular formula is C28H21N2O2+. The van der Waals surface area contributed by atoms with Crippen molar-refractivity contribution < 1.29 is 13.7 Å². The van der Waals surface area contributed by atoms with Crippen LogP contribution in [0.1, 0.15) is 5.56 Å². The fraction of sp³-hybridized carbons (Fsp3) is 0.107. The van der Waals surface area contributed by atoms with Crippen LogP contribution in [-0.2, 0) is 7.05 Å². The number of rotatable bonds is 1. The minimum atomic E-state index is 0.827. The van der Waals surface area contributed by atoms with E-state index >= 15 is 0 Å². The van der Waals surface area contributed by atoms with Crippen molar-refractivity contribution in [1.82, 2.24) is 4.40 Å². The van der Waals surface area contributed by atoms with Gasteiger partial charge in [0.25, 0.3) is 5.65 Å². The van der Waals surface area contributed by atoms with E-state index in [1.807, 2.05) is 18.2 Å². The maximum absolute atomic E-state index is 6.28. The van der Waals surface area contributed by atoms with Gasteiger partial charge >= 0.3 is 0 Å². The Labute approximate surface area is 183 Å². The summed E-state index contributed by atoms with van der Waals surface area (Å²) in [5, 5.41) is 5.90. The van der Waals surface area contributed by atoms with Crippen LogP contribution < -0.4 is 9.30 Å². The van der Waals surface area contributed by atoms with Crippen LogP contribution >= 0.6 is 0 Å². The first-order valence-corrected chi connectivity index (χ1v) is 10.8. The minimum absolute atomic E-state index is 0.827. The van der Waals surface area contributed by atoms with E-state index in [-0.39, 0.29) is 0 Å². The van der Waals surface area contributed by atoms with Gasteiger partial charge < -0.3 is 9.15 Å². The zero-order valence-corrected chi connectivity index (χ0v) is 18.1. The number of aryl methyl sites for hydroxylation is 2. The summed E-state index contributed by atoms with van der Waals surface area (Å²) in [5.74, 6) is 0.827. The van der Waals surface area contributed by atoms with Gasteiger partial charge in [0.05, 0.1) is 30.3 Å². The maximum Gasteiger partial charge on any atom is 0.295 e. The van der Waals surface area contributed by atoms with E-state index in [4.69, 9.17) is 9.15 Å². The molecule has 4 aromatic carbocycles. The molecule has 0 unspecified atom stereocenters. The van der Waals surface area contributed by atoms with Crippen molar-refractivity contribution in [3.05, 3.63) is 78.4 Å². The number of fused-ring (bicyclic) bond motifs is 12. The standard InChI is InChI=1S/C28H21N2O2/c1-16-8-6-10-18-17-9-4-5-11-19(17)30-27-20(29(2)28(30)24(16)18)14-15-23-26(27)25-21(31-3)12-7-13-22(25)32-23/h4-15H,1-3H3/q+1. The Morgan fingerprint density at radius 3 is 2.44 bits per heavy atom. The van der Waals surface area contributed by atoms with Crippen molar-refractivity contribution >= 4 is 60.3 Å². The van der Waals surface area contributed by atoms with Crippen LogP contribution in [0.3, 0.4) is 0 Å². The van der Waals surface area contributed by atoms with Gasteiger partial charge in [-0.2, -0.15) is 4.40 Å². The second kappa shape index (κ2) is 6.01. The van der Waals surface area contributed by atoms with Gasteiger partial charge in [-0.25, -0.2) is 4.57 Å². The number of nitrogens with zero attached hydrogens (tertiary/aromatic N) is 2. The van der Waals surface area contributed by atoms with Crippen molar-refractivity contribution in [2.45, 2.75) is 6.92 Å². The van der Waals surface area contributed by atoms with E-state index in [2.05, 4.69) is 77.5 Å². The highest BCUT2D eigenvalue weighted by Crippen LogP contribution is 2.41. The number of imidazole rings is 1. The van der Waals surface area contributed by atoms with Crippen molar-refractivity contribution in [3.63, 3.8) is 0 Å². The number of ether oxygens (including phenoxy) is 1. The fourth-order valence-corrected chi connectivity index (χ4v) is 5.49. The number of furan rings is 1. The van der Waals surface area contributed by atoms with Crippen LogP contribution in [-0.4, -0.2) is 11.5 Å². The lowest BCUT2D eigenvalue weighted by molar-refractivity contribution is -0.617. The first kappa shape index (κ1) is 17.6. The normalized spacial score (nSPS) is 12.2. The Hall–Kier alpha value is -4.05. The molecule has 32 heavy (non-hydrogen) atoms. The van der Waals surface area contributed by atoms with Crippen LogP contribution in [0.4, 0.5) is 0 Å². The molecule has 3 heterocycles. The fourth-order valence-electron chi connectivity index (χ4n) is 5.49. The average molecular weight is 417 g/mol. The van der Waals surface area contributed by atoms with Gasteiger partial charge in [-0.3, -0.25) is 0 Å². The van der Waals surface area contributed by atoms with Crippen LogP contribution in [0, 0.1) is 6.92 Å². The molecule has 0 atom stereocenters. The van der Waals surface area contributed by atoms with Crippen LogP contribution in [0.25, 0.3) is 60.3 Å². The van der Waals surface area contributed by atoms with E-state index in [1.165, 1.54) is 32.9 Å². The van der Waals surface area contributed by atoms with E-state index < -0.39 is 0 Å². The summed E-state index contributed by atoms with van der Waals surface area (Å²) < 4.78 is 16.8. The lowest BCUT2D eigenvalue weighted by Gasteiger charge is -2.07. The minimum Gasteiger partial charge on any atom is -0.496 e. The molecule has 0 spiro atoms. The summed E-state index contributed by atoms with van der Waals surface area (Å²) >= 11 is 0. The van der Waals surface area contributed by atoms with Gasteiger partial charge in [0.15, 0.2) is 11.0 Å². The van der Waals surface area contributed by atoms with Gasteiger partial charge in [0, 0.05) is 10.8 Å². The van der Waals surface area contributed by atoms with Crippen molar-refractivity contribution in [2.24, 2.45) is 7.05 Å². The zero-order valence-electron chi connectivity index (χ0n) is 18.1. The first-order valence-electron chi connectivity index (χ1n) is 10.8. The summed E-state index contributed by atoms with van der Waals surface area (Å²) in [6.45, 7) is 2.20. The Morgan fingerprint density at radius 2 is 1.56 bits per heavy atom. The number of pyridine rings is 1. The molecule has 154 valence electrons. The number of aromatic nitrogens is 2. The lowest BCUT2D eigenvalue weighted by atomic mass is 10.0. The second-order valence-corrected chi connectivity index (χ2v) is 8.47. The monoisotopic (exact) mass is 417 g/mol. The molecule has 3 aromatic heterocycles. The molecule has 0 fully saturated rings. The molecule has 7 rings (SSSR count). The van der Waals surface area contributed by atoms with E-state index in [9.17, 15) is 0 Å². The predicted molar refractivity (Wildman–Crippen MR) is 130 cm³/mol. The third-order valence-corrected chi connectivity index (χ3v) is 6.84. The Balaban J connectivity index is 1.92. The predicted octanol–water partition coefficient (Wildman–Crippen LogP) is 6.44. The van der Waals surface area contributed by atoms with Crippen molar-refractivity contribution in [2.75, 3.05) is 7.11 Å². The smallest absolute Gasteiger partial charge is 0.295 e. The largest absolute Gasteiger partial charge is 0.496 e. The topological polar surface area (TPSA) is 30.7 Å². The Kier molecular flexibility index (Phi) is 3.31. The molecule has 0 aliphatic heterocycles. The number of para-hydroxylation sites is 1. The van der Waals surface area contributed by atoms with E-state index in [0.29, 0.717) is 0 Å². The van der Waals surface area contributed by atoms with Gasteiger partial charge in [-0.05, 0) is 42.8 Å². The summed E-state index contributed by atoms with van der Waals surface area (Å²) in [6.07, 6.45) is 0. The molecule has 0 N–H and O–H groups in total. The van der Waals surface area contributed by atoms with Crippen molar-refractivity contribution in [1.29, 1.82) is 0 Å². The Morgan fingerprint density at radius 1 is 0.781 bits per heavy atom. The third-order valence-electron chi connectivity index (χ3n) is 6.84. The van der Waals surface area contributed by atoms with E-state index in [0.717, 1.165) is 38.7 Å². The molecule has 4 nitrogen and oxygen atoms in total. The number of benzene rings is 4. The zero-order chi connectivity index (χ0) is 21.6. The van der Waals surface area contributed by atoms with Gasteiger partial charge in [0.1, 0.15) is 22.4 Å². The molecule has 7 aromatic rings. The average Bonchev–Trinajstić information content (AvgIpc) is 3.35.